The molecule has 1 aliphatic heterocycles. The molecule has 2 heterocycles. The van der Waals surface area contributed by atoms with Gasteiger partial charge in [-0.1, -0.05) is 48.5 Å². The van der Waals surface area contributed by atoms with Crippen molar-refractivity contribution >= 4 is 11.8 Å². The molecule has 0 radical (unpaired) electrons. The summed E-state index contributed by atoms with van der Waals surface area (Å²) in [6.45, 7) is 5.41. The van der Waals surface area contributed by atoms with Crippen LogP contribution in [0.2, 0.25) is 0 Å². The molecule has 2 aromatic carbocycles. The van der Waals surface area contributed by atoms with Crippen LogP contribution in [-0.2, 0) is 18.3 Å². The summed E-state index contributed by atoms with van der Waals surface area (Å²) in [5.74, 6) is -0.833. The van der Waals surface area contributed by atoms with E-state index in [0.29, 0.717) is 43.9 Å². The minimum absolute atomic E-state index is 0.00408. The van der Waals surface area contributed by atoms with Crippen LogP contribution in [0.1, 0.15) is 16.1 Å². The third kappa shape index (κ3) is 5.03. The molecule has 0 N–H and O–H groups in total. The summed E-state index contributed by atoms with van der Waals surface area (Å²) < 4.78 is 15.8. The summed E-state index contributed by atoms with van der Waals surface area (Å²) in [5.41, 5.74) is 2.65. The molecule has 1 fully saturated rings. The van der Waals surface area contributed by atoms with E-state index in [0.717, 1.165) is 11.1 Å². The molecule has 1 aliphatic rings. The Morgan fingerprint density at radius 3 is 2.61 bits per heavy atom. The number of amides is 2. The Morgan fingerprint density at radius 2 is 1.94 bits per heavy atom. The molecule has 1 atom stereocenters. The quantitative estimate of drug-likeness (QED) is 0.544. The van der Waals surface area contributed by atoms with Crippen LogP contribution in [0, 0.1) is 11.7 Å². The minimum Gasteiger partial charge on any atom is -0.340 e. The Balaban J connectivity index is 1.55. The maximum absolute atomic E-state index is 14.1. The molecule has 6 nitrogen and oxygen atoms in total. The molecule has 170 valence electrons. The summed E-state index contributed by atoms with van der Waals surface area (Å²) in [6, 6.07) is 14.2. The number of rotatable bonds is 6. The number of aryl methyl sites for hydroxylation is 1. The summed E-state index contributed by atoms with van der Waals surface area (Å²) in [7, 11) is 1.81. The van der Waals surface area contributed by atoms with Gasteiger partial charge in [0.1, 0.15) is 11.5 Å². The zero-order valence-corrected chi connectivity index (χ0v) is 18.7. The molecule has 1 saturated heterocycles. The first-order valence-corrected chi connectivity index (χ1v) is 11.0. The SMILES string of the molecule is C=CCN1CCN(C(=O)c2cn(C)cn2)C[C@@H](Cc2ccc(-c3ccccc3F)cc2)C1=O. The normalized spacial score (nSPS) is 16.5. The number of imidazole rings is 1. The lowest BCUT2D eigenvalue weighted by Gasteiger charge is -2.23. The first-order valence-electron chi connectivity index (χ1n) is 11.0. The number of hydrogen-bond donors (Lipinski definition) is 0. The van der Waals surface area contributed by atoms with Crippen molar-refractivity contribution < 1.29 is 14.0 Å². The Morgan fingerprint density at radius 1 is 1.18 bits per heavy atom. The lowest BCUT2D eigenvalue weighted by atomic mass is 9.95. The first kappa shape index (κ1) is 22.5. The fourth-order valence-corrected chi connectivity index (χ4v) is 4.20. The van der Waals surface area contributed by atoms with E-state index in [9.17, 15) is 14.0 Å². The standard InChI is InChI=1S/C26H27FN4O2/c1-3-12-30-13-14-31(26(33)24-17-29(2)18-28-24)16-21(25(30)32)15-19-8-10-20(11-9-19)22-6-4-5-7-23(22)27/h3-11,17-18,21H,1,12-16H2,2H3/t21-/m1/s1. The molecule has 0 spiro atoms. The van der Waals surface area contributed by atoms with Crippen LogP contribution in [0.3, 0.4) is 0 Å². The molecule has 0 unspecified atom stereocenters. The number of carbonyl (C=O) groups excluding carboxylic acids is 2. The van der Waals surface area contributed by atoms with Gasteiger partial charge in [0.15, 0.2) is 0 Å². The fraction of sp³-hybridized carbons (Fsp3) is 0.269. The second-order valence-corrected chi connectivity index (χ2v) is 8.33. The molecule has 3 aromatic rings. The van der Waals surface area contributed by atoms with Gasteiger partial charge in [-0.15, -0.1) is 6.58 Å². The van der Waals surface area contributed by atoms with E-state index in [4.69, 9.17) is 0 Å². The van der Waals surface area contributed by atoms with Gasteiger partial charge in [-0.3, -0.25) is 9.59 Å². The number of aromatic nitrogens is 2. The van der Waals surface area contributed by atoms with Gasteiger partial charge in [0, 0.05) is 45.0 Å². The van der Waals surface area contributed by atoms with E-state index in [-0.39, 0.29) is 23.5 Å². The zero-order valence-electron chi connectivity index (χ0n) is 18.7. The maximum Gasteiger partial charge on any atom is 0.274 e. The highest BCUT2D eigenvalue weighted by Gasteiger charge is 2.32. The number of hydrogen-bond acceptors (Lipinski definition) is 3. The predicted molar refractivity (Wildman–Crippen MR) is 125 cm³/mol. The van der Waals surface area contributed by atoms with Gasteiger partial charge in [0.25, 0.3) is 5.91 Å². The topological polar surface area (TPSA) is 58.4 Å². The lowest BCUT2D eigenvalue weighted by Crippen LogP contribution is -2.38. The monoisotopic (exact) mass is 446 g/mol. The average Bonchev–Trinajstić information content (AvgIpc) is 3.20. The van der Waals surface area contributed by atoms with Crippen molar-refractivity contribution in [2.75, 3.05) is 26.2 Å². The molecular formula is C26H27FN4O2. The van der Waals surface area contributed by atoms with Crippen molar-refractivity contribution in [1.29, 1.82) is 0 Å². The lowest BCUT2D eigenvalue weighted by molar-refractivity contribution is -0.134. The van der Waals surface area contributed by atoms with E-state index in [1.807, 2.05) is 31.3 Å². The van der Waals surface area contributed by atoms with Gasteiger partial charge in [0.2, 0.25) is 5.91 Å². The number of halogens is 1. The summed E-state index contributed by atoms with van der Waals surface area (Å²) in [4.78, 5) is 33.9. The number of benzene rings is 2. The highest BCUT2D eigenvalue weighted by molar-refractivity contribution is 5.93. The summed E-state index contributed by atoms with van der Waals surface area (Å²) in [5, 5.41) is 0. The molecule has 4 rings (SSSR count). The van der Waals surface area contributed by atoms with Crippen LogP contribution in [0.15, 0.2) is 73.7 Å². The van der Waals surface area contributed by atoms with Crippen LogP contribution < -0.4 is 0 Å². The fourth-order valence-electron chi connectivity index (χ4n) is 4.20. The van der Waals surface area contributed by atoms with Crippen molar-refractivity contribution in [2.24, 2.45) is 13.0 Å². The molecule has 1 aromatic heterocycles. The third-order valence-corrected chi connectivity index (χ3v) is 5.92. The van der Waals surface area contributed by atoms with Crippen molar-refractivity contribution in [1.82, 2.24) is 19.4 Å². The molecule has 7 heteroatoms. The van der Waals surface area contributed by atoms with Crippen molar-refractivity contribution in [3.05, 3.63) is 90.8 Å². The molecule has 0 aliphatic carbocycles. The Kier molecular flexibility index (Phi) is 6.68. The van der Waals surface area contributed by atoms with Crippen molar-refractivity contribution in [2.45, 2.75) is 6.42 Å². The molecular weight excluding hydrogens is 419 g/mol. The molecule has 0 saturated carbocycles. The van der Waals surface area contributed by atoms with E-state index in [1.54, 1.807) is 51.2 Å². The minimum atomic E-state index is -0.389. The van der Waals surface area contributed by atoms with Gasteiger partial charge >= 0.3 is 0 Å². The van der Waals surface area contributed by atoms with E-state index in [2.05, 4.69) is 11.6 Å². The first-order chi connectivity index (χ1) is 16.0. The van der Waals surface area contributed by atoms with Gasteiger partial charge in [-0.25, -0.2) is 9.37 Å². The predicted octanol–water partition coefficient (Wildman–Crippen LogP) is 3.56. The average molecular weight is 447 g/mol. The Bertz CT molecular complexity index is 1160. The highest BCUT2D eigenvalue weighted by Crippen LogP contribution is 2.24. The van der Waals surface area contributed by atoms with E-state index < -0.39 is 0 Å². The maximum atomic E-state index is 14.1. The molecule has 0 bridgehead atoms. The van der Waals surface area contributed by atoms with Crippen LogP contribution in [0.4, 0.5) is 4.39 Å². The number of carbonyl (C=O) groups is 2. The molecule has 33 heavy (non-hydrogen) atoms. The van der Waals surface area contributed by atoms with Crippen molar-refractivity contribution in [3.63, 3.8) is 0 Å². The Hall–Kier alpha value is -3.74. The molecule has 2 amide bonds. The van der Waals surface area contributed by atoms with Gasteiger partial charge in [0.05, 0.1) is 12.2 Å². The van der Waals surface area contributed by atoms with E-state index >= 15 is 0 Å². The highest BCUT2D eigenvalue weighted by atomic mass is 19.1. The summed E-state index contributed by atoms with van der Waals surface area (Å²) in [6.07, 6.45) is 5.46. The van der Waals surface area contributed by atoms with Gasteiger partial charge in [-0.2, -0.15) is 0 Å². The van der Waals surface area contributed by atoms with Crippen LogP contribution >= 0.6 is 0 Å². The van der Waals surface area contributed by atoms with Gasteiger partial charge in [-0.05, 0) is 23.6 Å². The van der Waals surface area contributed by atoms with Crippen LogP contribution in [-0.4, -0.2) is 57.3 Å². The number of nitrogens with zero attached hydrogens (tertiary/aromatic N) is 4. The largest absolute Gasteiger partial charge is 0.340 e. The second-order valence-electron chi connectivity index (χ2n) is 8.33. The van der Waals surface area contributed by atoms with Gasteiger partial charge < -0.3 is 14.4 Å². The summed E-state index contributed by atoms with van der Waals surface area (Å²) >= 11 is 0. The van der Waals surface area contributed by atoms with Crippen LogP contribution in [0.25, 0.3) is 11.1 Å². The van der Waals surface area contributed by atoms with E-state index in [1.165, 1.54) is 6.07 Å². The zero-order chi connectivity index (χ0) is 23.4. The second kappa shape index (κ2) is 9.81. The third-order valence-electron chi connectivity index (χ3n) is 5.92. The van der Waals surface area contributed by atoms with Crippen molar-refractivity contribution in [3.8, 4) is 11.1 Å². The Labute approximate surface area is 193 Å². The smallest absolute Gasteiger partial charge is 0.274 e. The van der Waals surface area contributed by atoms with Crippen LogP contribution in [0.5, 0.6) is 0 Å².